The average molecular weight is 1000 g/mol. The van der Waals surface area contributed by atoms with E-state index in [1.165, 1.54) is 34.9 Å². The molecule has 6 aromatic rings. The number of amides is 2. The van der Waals surface area contributed by atoms with E-state index >= 15 is 0 Å². The van der Waals surface area contributed by atoms with Crippen molar-refractivity contribution in [3.8, 4) is 0 Å². The number of halogens is 1. The zero-order chi connectivity index (χ0) is 44.5. The Morgan fingerprint density at radius 3 is 1.88 bits per heavy atom. The number of aromatic nitrogens is 1. The van der Waals surface area contributed by atoms with Crippen molar-refractivity contribution in [2.45, 2.75) is 30.0 Å². The van der Waals surface area contributed by atoms with Crippen molar-refractivity contribution in [1.82, 2.24) is 15.2 Å². The van der Waals surface area contributed by atoms with E-state index in [9.17, 15) is 19.2 Å². The van der Waals surface area contributed by atoms with Crippen LogP contribution in [0.4, 0.5) is 5.13 Å². The summed E-state index contributed by atoms with van der Waals surface area (Å²) in [7, 11) is 0. The molecule has 0 spiro atoms. The van der Waals surface area contributed by atoms with Gasteiger partial charge in [0.25, 0.3) is 11.8 Å². The highest BCUT2D eigenvalue weighted by Gasteiger charge is 2.55. The molecule has 15 heteroatoms. The van der Waals surface area contributed by atoms with E-state index in [1.54, 1.807) is 5.38 Å². The van der Waals surface area contributed by atoms with E-state index in [0.717, 1.165) is 27.8 Å². The maximum atomic E-state index is 14.3. The molecule has 1 fully saturated rings. The van der Waals surface area contributed by atoms with Crippen LogP contribution in [0.1, 0.15) is 46.5 Å². The van der Waals surface area contributed by atoms with E-state index in [0.29, 0.717) is 15.1 Å². The number of carbonyl (C=O) groups excluding carboxylic acids is 4. The van der Waals surface area contributed by atoms with Crippen LogP contribution in [0.3, 0.4) is 0 Å². The van der Waals surface area contributed by atoms with Crippen molar-refractivity contribution >= 4 is 80.3 Å². The first-order chi connectivity index (χ1) is 31.3. The van der Waals surface area contributed by atoms with Gasteiger partial charge in [0.2, 0.25) is 0 Å². The molecule has 2 aliphatic heterocycles. The number of nitrogens with one attached hydrogen (secondary N) is 2. The molecule has 12 nitrogen and oxygen atoms in total. The molecule has 0 bridgehead atoms. The van der Waals surface area contributed by atoms with Gasteiger partial charge in [0.15, 0.2) is 16.9 Å². The van der Waals surface area contributed by atoms with Gasteiger partial charge in [-0.1, -0.05) is 179 Å². The van der Waals surface area contributed by atoms with Crippen LogP contribution >= 0.6 is 45.7 Å². The first-order valence-electron chi connectivity index (χ1n) is 20.4. The highest BCUT2D eigenvalue weighted by molar-refractivity contribution is 14.1. The van der Waals surface area contributed by atoms with Gasteiger partial charge in [-0.05, 0) is 27.8 Å². The second kappa shape index (κ2) is 20.5. The minimum Gasteiger partial charge on any atom is -0.461 e. The molecule has 1 aromatic heterocycles. The number of thioether (sulfide) groups is 1. The first kappa shape index (κ1) is 44.3. The molecule has 0 aliphatic carbocycles. The molecule has 1 saturated heterocycles. The number of benzene rings is 5. The predicted molar refractivity (Wildman–Crippen MR) is 256 cm³/mol. The molecular formula is C49H42IN5O7S2. The number of thiazole rings is 1. The Balaban J connectivity index is 1.07. The number of nitrogens with zero attached hydrogens (tertiary/aromatic N) is 3. The van der Waals surface area contributed by atoms with Gasteiger partial charge >= 0.3 is 11.9 Å². The minimum atomic E-state index is -1.04. The second-order valence-electron chi connectivity index (χ2n) is 14.7. The van der Waals surface area contributed by atoms with Crippen molar-refractivity contribution in [1.29, 1.82) is 0 Å². The molecule has 0 radical (unpaired) electrons. The second-order valence-corrected chi connectivity index (χ2v) is 17.7. The van der Waals surface area contributed by atoms with Crippen molar-refractivity contribution < 1.29 is 33.5 Å². The Hall–Kier alpha value is -6.30. The van der Waals surface area contributed by atoms with E-state index in [4.69, 9.17) is 19.3 Å². The molecule has 2 amide bonds. The summed E-state index contributed by atoms with van der Waals surface area (Å²) < 4.78 is 12.2. The zero-order valence-corrected chi connectivity index (χ0v) is 38.3. The summed E-state index contributed by atoms with van der Waals surface area (Å²) in [5, 5.41) is 12.4. The van der Waals surface area contributed by atoms with Crippen molar-refractivity contribution in [2.24, 2.45) is 5.16 Å². The lowest BCUT2D eigenvalue weighted by Crippen LogP contribution is -2.71. The summed E-state index contributed by atoms with van der Waals surface area (Å²) in [5.74, 6) is -2.30. The Kier molecular flexibility index (Phi) is 14.2. The summed E-state index contributed by atoms with van der Waals surface area (Å²) in [6, 6.07) is 47.8. The quantitative estimate of drug-likeness (QED) is 0.0134. The first-order valence-corrected chi connectivity index (χ1v) is 23.8. The van der Waals surface area contributed by atoms with Gasteiger partial charge in [0.1, 0.15) is 41.6 Å². The SMILES string of the molecule is CC(=O)OCC1=C(C(=O)OC(c2ccccc2)c2ccccc2)N2C(=O)C(NC(=O)C(=NOCCI)c3csc(NC(c4ccccc4)(c4ccccc4)c4ccccc4)n3)[C@H]2SC1. The average Bonchev–Trinajstić information content (AvgIpc) is 3.81. The Labute approximate surface area is 392 Å². The Morgan fingerprint density at radius 1 is 0.828 bits per heavy atom. The highest BCUT2D eigenvalue weighted by atomic mass is 127. The highest BCUT2D eigenvalue weighted by Crippen LogP contribution is 2.43. The third-order valence-electron chi connectivity index (χ3n) is 10.6. The van der Waals surface area contributed by atoms with Gasteiger partial charge in [-0.15, -0.1) is 23.1 Å². The smallest absolute Gasteiger partial charge is 0.356 e. The molecule has 64 heavy (non-hydrogen) atoms. The van der Waals surface area contributed by atoms with Gasteiger partial charge in [-0.3, -0.25) is 19.3 Å². The number of hydrogen-bond acceptors (Lipinski definition) is 12. The van der Waals surface area contributed by atoms with Crippen LogP contribution in [0, 0.1) is 0 Å². The van der Waals surface area contributed by atoms with Crippen molar-refractivity contribution in [3.05, 3.63) is 202 Å². The molecule has 324 valence electrons. The number of alkyl halides is 1. The number of carbonyl (C=O) groups is 4. The number of anilines is 1. The summed E-state index contributed by atoms with van der Waals surface area (Å²) in [6.07, 6.45) is -0.797. The van der Waals surface area contributed by atoms with Gasteiger partial charge in [0, 0.05) is 28.1 Å². The van der Waals surface area contributed by atoms with Crippen LogP contribution in [0.15, 0.2) is 173 Å². The molecule has 2 N–H and O–H groups in total. The summed E-state index contributed by atoms with van der Waals surface area (Å²) >= 11 is 4.78. The van der Waals surface area contributed by atoms with Crippen LogP contribution in [0.2, 0.25) is 0 Å². The normalized spacial score (nSPS) is 16.1. The molecule has 0 saturated carbocycles. The number of ether oxygens (including phenoxy) is 2. The summed E-state index contributed by atoms with van der Waals surface area (Å²) in [4.78, 5) is 66.6. The lowest BCUT2D eigenvalue weighted by atomic mass is 9.77. The van der Waals surface area contributed by atoms with Crippen LogP contribution in [0.5, 0.6) is 0 Å². The van der Waals surface area contributed by atoms with E-state index in [-0.39, 0.29) is 36.1 Å². The topological polar surface area (TPSA) is 149 Å². The number of hydrogen-bond donors (Lipinski definition) is 2. The minimum absolute atomic E-state index is 0.0226. The van der Waals surface area contributed by atoms with E-state index in [2.05, 4.69) is 74.8 Å². The van der Waals surface area contributed by atoms with Gasteiger partial charge in [0.05, 0.1) is 0 Å². The Bertz CT molecular complexity index is 2520. The van der Waals surface area contributed by atoms with Gasteiger partial charge in [-0.25, -0.2) is 9.78 Å². The maximum absolute atomic E-state index is 14.3. The monoisotopic (exact) mass is 1000 g/mol. The van der Waals surface area contributed by atoms with Crippen LogP contribution < -0.4 is 10.6 Å². The zero-order valence-electron chi connectivity index (χ0n) is 34.5. The molecular weight excluding hydrogens is 962 g/mol. The summed E-state index contributed by atoms with van der Waals surface area (Å²) in [6.45, 7) is 1.29. The molecule has 1 unspecified atom stereocenters. The van der Waals surface area contributed by atoms with Crippen LogP contribution in [-0.2, 0) is 39.0 Å². The fourth-order valence-electron chi connectivity index (χ4n) is 7.66. The number of esters is 2. The molecule has 8 rings (SSSR count). The fraction of sp³-hybridized carbons (Fsp3) is 0.184. The van der Waals surface area contributed by atoms with Gasteiger partial charge < -0.3 is 24.9 Å². The number of rotatable bonds is 17. The van der Waals surface area contributed by atoms with Crippen molar-refractivity contribution in [3.63, 3.8) is 0 Å². The molecule has 2 atom stereocenters. The fourth-order valence-corrected chi connectivity index (χ4v) is 9.93. The third-order valence-corrected chi connectivity index (χ3v) is 13.1. The molecule has 3 heterocycles. The van der Waals surface area contributed by atoms with Crippen LogP contribution in [-0.4, -0.2) is 74.2 Å². The lowest BCUT2D eigenvalue weighted by Gasteiger charge is -2.49. The van der Waals surface area contributed by atoms with Gasteiger partial charge in [-0.2, -0.15) is 0 Å². The lowest BCUT2D eigenvalue weighted by molar-refractivity contribution is -0.154. The van der Waals surface area contributed by atoms with Crippen molar-refractivity contribution in [2.75, 3.05) is 28.7 Å². The maximum Gasteiger partial charge on any atom is 0.356 e. The number of fused-ring (bicyclic) bond motifs is 1. The molecule has 5 aromatic carbocycles. The van der Waals surface area contributed by atoms with Crippen LogP contribution in [0.25, 0.3) is 0 Å². The predicted octanol–water partition coefficient (Wildman–Crippen LogP) is 8.25. The molecule has 2 aliphatic rings. The number of oxime groups is 1. The third kappa shape index (κ3) is 9.46. The summed E-state index contributed by atoms with van der Waals surface area (Å²) in [5.41, 5.74) is 4.02. The van der Waals surface area contributed by atoms with E-state index < -0.39 is 46.8 Å². The van der Waals surface area contributed by atoms with E-state index in [1.807, 2.05) is 115 Å². The Morgan fingerprint density at radius 2 is 1.36 bits per heavy atom. The largest absolute Gasteiger partial charge is 0.461 e. The standard InChI is InChI=1S/C49H42IN5O7S2/c1-32(56)60-29-35-30-63-46-41(45(58)55(46)42(35)47(59)62-43(33-17-7-2-8-18-33)34-19-9-3-10-20-34)52-44(57)40(54-61-28-27-50)39-31-64-48(51-39)53-49(36-21-11-4-12-22-36,37-23-13-5-14-24-37)38-25-15-6-16-26-38/h2-26,31,41,43,46H,27-30H2,1H3,(H,51,53)(H,52,57)/t41?,46-/m1/s1. The number of β-lactam (4-membered cyclic amide) rings is 1.